The largest absolute Gasteiger partial charge is 0.491 e. The van der Waals surface area contributed by atoms with E-state index in [9.17, 15) is 4.79 Å². The Bertz CT molecular complexity index is 727. The molecular formula is C21H24ClNO2. The van der Waals surface area contributed by atoms with E-state index < -0.39 is 0 Å². The predicted octanol–water partition coefficient (Wildman–Crippen LogP) is 4.59. The molecule has 3 nitrogen and oxygen atoms in total. The molecule has 1 aliphatic rings. The summed E-state index contributed by atoms with van der Waals surface area (Å²) in [5.74, 6) is 1.33. The maximum absolute atomic E-state index is 12.3. The number of rotatable bonds is 7. The van der Waals surface area contributed by atoms with Crippen molar-refractivity contribution < 1.29 is 9.53 Å². The molecule has 2 unspecified atom stereocenters. The molecule has 4 heteroatoms. The fourth-order valence-electron chi connectivity index (χ4n) is 3.07. The number of halogens is 1. The van der Waals surface area contributed by atoms with E-state index in [1.54, 1.807) is 0 Å². The highest BCUT2D eigenvalue weighted by Gasteiger charge is 2.44. The monoisotopic (exact) mass is 357 g/mol. The fourth-order valence-corrected chi connectivity index (χ4v) is 3.35. The van der Waals surface area contributed by atoms with Crippen LogP contribution in [0.4, 0.5) is 0 Å². The topological polar surface area (TPSA) is 38.3 Å². The Morgan fingerprint density at radius 3 is 2.60 bits per heavy atom. The zero-order valence-electron chi connectivity index (χ0n) is 14.7. The number of benzene rings is 2. The van der Waals surface area contributed by atoms with E-state index in [-0.39, 0.29) is 23.8 Å². The van der Waals surface area contributed by atoms with Crippen molar-refractivity contribution in [1.29, 1.82) is 0 Å². The number of carbonyl (C=O) groups excluding carboxylic acids is 1. The lowest BCUT2D eigenvalue weighted by molar-refractivity contribution is -0.122. The molecule has 1 amide bonds. The van der Waals surface area contributed by atoms with Gasteiger partial charge in [-0.05, 0) is 61.9 Å². The van der Waals surface area contributed by atoms with Gasteiger partial charge in [-0.25, -0.2) is 0 Å². The summed E-state index contributed by atoms with van der Waals surface area (Å²) in [6.07, 6.45) is 1.88. The molecule has 132 valence electrons. The summed E-state index contributed by atoms with van der Waals surface area (Å²) < 4.78 is 5.63. The van der Waals surface area contributed by atoms with E-state index in [1.165, 1.54) is 5.56 Å². The van der Waals surface area contributed by atoms with Gasteiger partial charge < -0.3 is 10.1 Å². The molecule has 1 N–H and O–H groups in total. The van der Waals surface area contributed by atoms with Crippen LogP contribution in [-0.4, -0.2) is 18.6 Å². The molecule has 0 bridgehead atoms. The molecule has 0 heterocycles. The molecule has 1 aliphatic carbocycles. The van der Waals surface area contributed by atoms with Crippen molar-refractivity contribution in [1.82, 2.24) is 5.32 Å². The molecule has 0 aliphatic heterocycles. The summed E-state index contributed by atoms with van der Waals surface area (Å²) in [6.45, 7) is 4.67. The lowest BCUT2D eigenvalue weighted by Crippen LogP contribution is -2.27. The molecular weight excluding hydrogens is 334 g/mol. The molecule has 0 saturated heterocycles. The second kappa shape index (κ2) is 7.92. The van der Waals surface area contributed by atoms with Crippen LogP contribution in [0.15, 0.2) is 48.5 Å². The predicted molar refractivity (Wildman–Crippen MR) is 101 cm³/mol. The molecule has 0 spiro atoms. The van der Waals surface area contributed by atoms with Gasteiger partial charge in [-0.3, -0.25) is 4.79 Å². The molecule has 2 aromatic carbocycles. The highest BCUT2D eigenvalue weighted by Crippen LogP contribution is 2.49. The van der Waals surface area contributed by atoms with Gasteiger partial charge in [-0.2, -0.15) is 0 Å². The Balaban J connectivity index is 1.44. The SMILES string of the molecule is CC(C)Oc1ccc(CCNC(=O)C2CC2c2ccccc2Cl)cc1. The van der Waals surface area contributed by atoms with Gasteiger partial charge in [0.1, 0.15) is 5.75 Å². The third kappa shape index (κ3) is 4.76. The van der Waals surface area contributed by atoms with Crippen LogP contribution >= 0.6 is 11.6 Å². The van der Waals surface area contributed by atoms with Crippen molar-refractivity contribution >= 4 is 17.5 Å². The van der Waals surface area contributed by atoms with E-state index in [0.717, 1.165) is 29.2 Å². The van der Waals surface area contributed by atoms with Crippen molar-refractivity contribution in [3.63, 3.8) is 0 Å². The van der Waals surface area contributed by atoms with Gasteiger partial charge in [0.25, 0.3) is 0 Å². The van der Waals surface area contributed by atoms with Crippen LogP contribution in [0.1, 0.15) is 37.3 Å². The first-order valence-corrected chi connectivity index (χ1v) is 9.20. The average molecular weight is 358 g/mol. The Kier molecular flexibility index (Phi) is 5.64. The molecule has 1 saturated carbocycles. The quantitative estimate of drug-likeness (QED) is 0.787. The second-order valence-corrected chi connectivity index (χ2v) is 7.23. The minimum absolute atomic E-state index is 0.0571. The van der Waals surface area contributed by atoms with Crippen LogP contribution in [0.2, 0.25) is 5.02 Å². The normalized spacial score (nSPS) is 18.9. The van der Waals surface area contributed by atoms with E-state index in [0.29, 0.717) is 6.54 Å². The van der Waals surface area contributed by atoms with Crippen LogP contribution < -0.4 is 10.1 Å². The molecule has 2 aromatic rings. The molecule has 25 heavy (non-hydrogen) atoms. The summed E-state index contributed by atoms with van der Waals surface area (Å²) in [4.78, 5) is 12.3. The van der Waals surface area contributed by atoms with Crippen LogP contribution in [-0.2, 0) is 11.2 Å². The van der Waals surface area contributed by atoms with Crippen LogP contribution in [0.25, 0.3) is 0 Å². The maximum Gasteiger partial charge on any atom is 0.223 e. The molecule has 1 fully saturated rings. The lowest BCUT2D eigenvalue weighted by atomic mass is 10.1. The maximum atomic E-state index is 12.3. The third-order valence-corrected chi connectivity index (χ3v) is 4.78. The fraction of sp³-hybridized carbons (Fsp3) is 0.381. The average Bonchev–Trinajstić information content (AvgIpc) is 3.37. The van der Waals surface area contributed by atoms with Crippen molar-refractivity contribution in [2.75, 3.05) is 6.54 Å². The Labute approximate surface area is 154 Å². The summed E-state index contributed by atoms with van der Waals surface area (Å²) in [5, 5.41) is 3.80. The first-order valence-electron chi connectivity index (χ1n) is 8.82. The number of carbonyl (C=O) groups is 1. The molecule has 0 aromatic heterocycles. The van der Waals surface area contributed by atoms with Gasteiger partial charge in [-0.15, -0.1) is 0 Å². The van der Waals surface area contributed by atoms with Gasteiger partial charge in [0.05, 0.1) is 6.10 Å². The van der Waals surface area contributed by atoms with Gasteiger partial charge >= 0.3 is 0 Å². The Hall–Kier alpha value is -2.00. The van der Waals surface area contributed by atoms with Crippen LogP contribution in [0, 0.1) is 5.92 Å². The van der Waals surface area contributed by atoms with Gasteiger partial charge in [0, 0.05) is 17.5 Å². The first kappa shape index (κ1) is 17.8. The molecule has 2 atom stereocenters. The molecule has 0 radical (unpaired) electrons. The zero-order chi connectivity index (χ0) is 17.8. The van der Waals surface area contributed by atoms with Crippen molar-refractivity contribution in [3.8, 4) is 5.75 Å². The highest BCUT2D eigenvalue weighted by molar-refractivity contribution is 6.31. The summed E-state index contributed by atoms with van der Waals surface area (Å²) >= 11 is 6.22. The van der Waals surface area contributed by atoms with E-state index in [2.05, 4.69) is 5.32 Å². The first-order chi connectivity index (χ1) is 12.0. The van der Waals surface area contributed by atoms with Gasteiger partial charge in [-0.1, -0.05) is 41.9 Å². The highest BCUT2D eigenvalue weighted by atomic mass is 35.5. The summed E-state index contributed by atoms with van der Waals surface area (Å²) in [6, 6.07) is 15.8. The second-order valence-electron chi connectivity index (χ2n) is 6.82. The third-order valence-electron chi connectivity index (χ3n) is 4.44. The minimum atomic E-state index is 0.0571. The smallest absolute Gasteiger partial charge is 0.223 e. The number of amides is 1. The minimum Gasteiger partial charge on any atom is -0.491 e. The van der Waals surface area contributed by atoms with E-state index >= 15 is 0 Å². The standard InChI is InChI=1S/C21H24ClNO2/c1-14(2)25-16-9-7-15(8-10-16)11-12-23-21(24)19-13-18(19)17-5-3-4-6-20(17)22/h3-10,14,18-19H,11-13H2,1-2H3,(H,23,24). The van der Waals surface area contributed by atoms with Crippen molar-refractivity contribution in [2.45, 2.75) is 38.7 Å². The van der Waals surface area contributed by atoms with Gasteiger partial charge in [0.2, 0.25) is 5.91 Å². The van der Waals surface area contributed by atoms with Crippen molar-refractivity contribution in [2.24, 2.45) is 5.92 Å². The van der Waals surface area contributed by atoms with E-state index in [1.807, 2.05) is 62.4 Å². The zero-order valence-corrected chi connectivity index (χ0v) is 15.4. The molecule has 3 rings (SSSR count). The number of hydrogen-bond donors (Lipinski definition) is 1. The number of hydrogen-bond acceptors (Lipinski definition) is 2. The Morgan fingerprint density at radius 1 is 1.20 bits per heavy atom. The van der Waals surface area contributed by atoms with Crippen molar-refractivity contribution in [3.05, 3.63) is 64.7 Å². The van der Waals surface area contributed by atoms with Crippen LogP contribution in [0.3, 0.4) is 0 Å². The van der Waals surface area contributed by atoms with Gasteiger partial charge in [0.15, 0.2) is 0 Å². The number of nitrogens with one attached hydrogen (secondary N) is 1. The summed E-state index contributed by atoms with van der Waals surface area (Å²) in [5.41, 5.74) is 2.28. The summed E-state index contributed by atoms with van der Waals surface area (Å²) in [7, 11) is 0. The van der Waals surface area contributed by atoms with Crippen LogP contribution in [0.5, 0.6) is 5.75 Å². The Morgan fingerprint density at radius 2 is 1.92 bits per heavy atom. The number of ether oxygens (including phenoxy) is 1. The lowest BCUT2D eigenvalue weighted by Gasteiger charge is -2.10. The van der Waals surface area contributed by atoms with E-state index in [4.69, 9.17) is 16.3 Å².